The summed E-state index contributed by atoms with van der Waals surface area (Å²) in [7, 11) is 0. The van der Waals surface area contributed by atoms with E-state index in [1.165, 1.54) is 0 Å². The van der Waals surface area contributed by atoms with Crippen molar-refractivity contribution in [3.63, 3.8) is 0 Å². The number of thiol groups is 1. The highest BCUT2D eigenvalue weighted by Gasteiger charge is 2.27. The monoisotopic (exact) mass is 318 g/mol. The van der Waals surface area contributed by atoms with E-state index in [1.807, 2.05) is 0 Å². The number of nitrogens with two attached hydrogens (primary N) is 2. The first-order valence-electron chi connectivity index (χ1n) is 6.47. The minimum absolute atomic E-state index is 0.0320. The Labute approximate surface area is 128 Å². The van der Waals surface area contributed by atoms with Gasteiger partial charge in [0.05, 0.1) is 5.75 Å². The van der Waals surface area contributed by atoms with Crippen LogP contribution in [0.15, 0.2) is 0 Å². The number of amides is 4. The molecule has 9 heteroatoms. The molecule has 4 amide bonds. The summed E-state index contributed by atoms with van der Waals surface area (Å²) >= 11 is 3.79. The van der Waals surface area contributed by atoms with Crippen molar-refractivity contribution in [2.24, 2.45) is 17.4 Å². The summed E-state index contributed by atoms with van der Waals surface area (Å²) in [6, 6.07) is -1.83. The average Bonchev–Trinajstić information content (AvgIpc) is 2.38. The summed E-state index contributed by atoms with van der Waals surface area (Å²) in [6.07, 6.45) is -0.0435. The molecule has 0 aliphatic carbocycles. The fourth-order valence-electron chi connectivity index (χ4n) is 1.62. The zero-order valence-electron chi connectivity index (χ0n) is 12.1. The second-order valence-corrected chi connectivity index (χ2v) is 5.23. The van der Waals surface area contributed by atoms with Crippen molar-refractivity contribution in [3.8, 4) is 0 Å². The molecule has 0 unspecified atom stereocenters. The molecule has 0 fully saturated rings. The third kappa shape index (κ3) is 7.54. The second-order valence-electron chi connectivity index (χ2n) is 4.92. The van der Waals surface area contributed by atoms with Gasteiger partial charge in [0.1, 0.15) is 12.1 Å². The van der Waals surface area contributed by atoms with E-state index in [9.17, 15) is 19.2 Å². The molecule has 0 radical (unpaired) electrons. The van der Waals surface area contributed by atoms with Gasteiger partial charge in [0.2, 0.25) is 23.6 Å². The van der Waals surface area contributed by atoms with Gasteiger partial charge < -0.3 is 22.1 Å². The number of carbonyl (C=O) groups is 4. The zero-order chi connectivity index (χ0) is 16.6. The lowest BCUT2D eigenvalue weighted by atomic mass is 10.0. The molecule has 2 atom stereocenters. The second kappa shape index (κ2) is 9.22. The topological polar surface area (TPSA) is 144 Å². The maximum absolute atomic E-state index is 12.1. The molecule has 0 rings (SSSR count). The Morgan fingerprint density at radius 2 is 1.67 bits per heavy atom. The van der Waals surface area contributed by atoms with Crippen molar-refractivity contribution in [3.05, 3.63) is 0 Å². The van der Waals surface area contributed by atoms with Crippen LogP contribution >= 0.6 is 12.6 Å². The van der Waals surface area contributed by atoms with E-state index in [0.717, 1.165) is 0 Å². The molecular weight excluding hydrogens is 296 g/mol. The zero-order valence-corrected chi connectivity index (χ0v) is 13.0. The largest absolute Gasteiger partial charge is 0.370 e. The number of carbonyl (C=O) groups excluding carboxylic acids is 4. The number of nitrogens with one attached hydrogen (secondary N) is 2. The smallest absolute Gasteiger partial charge is 0.243 e. The van der Waals surface area contributed by atoms with Crippen molar-refractivity contribution in [1.29, 1.82) is 0 Å². The van der Waals surface area contributed by atoms with E-state index in [-0.39, 0.29) is 24.5 Å². The number of hydrogen-bond donors (Lipinski definition) is 5. The molecule has 0 bridgehead atoms. The summed E-state index contributed by atoms with van der Waals surface area (Å²) in [5, 5.41) is 4.88. The molecule has 0 aromatic rings. The third-order valence-corrected chi connectivity index (χ3v) is 3.03. The van der Waals surface area contributed by atoms with Gasteiger partial charge in [0.25, 0.3) is 0 Å². The van der Waals surface area contributed by atoms with Crippen LogP contribution in [-0.2, 0) is 19.2 Å². The van der Waals surface area contributed by atoms with Crippen LogP contribution < -0.4 is 22.1 Å². The first-order valence-corrected chi connectivity index (χ1v) is 7.10. The predicted octanol–water partition coefficient (Wildman–Crippen LogP) is -1.71. The van der Waals surface area contributed by atoms with Gasteiger partial charge in [-0.1, -0.05) is 13.8 Å². The van der Waals surface area contributed by atoms with Gasteiger partial charge in [-0.2, -0.15) is 12.6 Å². The Bertz CT molecular complexity index is 414. The average molecular weight is 318 g/mol. The Kier molecular flexibility index (Phi) is 8.44. The van der Waals surface area contributed by atoms with Gasteiger partial charge in [-0.05, 0) is 12.3 Å². The highest BCUT2D eigenvalue weighted by molar-refractivity contribution is 7.81. The molecule has 0 heterocycles. The lowest BCUT2D eigenvalue weighted by molar-refractivity contribution is -0.131. The van der Waals surface area contributed by atoms with Crippen LogP contribution in [0.4, 0.5) is 0 Å². The van der Waals surface area contributed by atoms with E-state index in [4.69, 9.17) is 11.5 Å². The third-order valence-electron chi connectivity index (χ3n) is 2.75. The number of hydrogen-bond acceptors (Lipinski definition) is 5. The summed E-state index contributed by atoms with van der Waals surface area (Å²) in [4.78, 5) is 45.6. The normalized spacial score (nSPS) is 13.3. The van der Waals surface area contributed by atoms with Crippen LogP contribution in [0.5, 0.6) is 0 Å². The molecule has 0 saturated heterocycles. The van der Waals surface area contributed by atoms with Crippen molar-refractivity contribution in [2.75, 3.05) is 5.75 Å². The molecule has 0 aliphatic heterocycles. The van der Waals surface area contributed by atoms with Crippen LogP contribution in [0.1, 0.15) is 26.7 Å². The molecule has 0 saturated carbocycles. The van der Waals surface area contributed by atoms with Crippen LogP contribution in [0, 0.1) is 5.92 Å². The van der Waals surface area contributed by atoms with E-state index >= 15 is 0 Å². The molecule has 21 heavy (non-hydrogen) atoms. The van der Waals surface area contributed by atoms with Crippen LogP contribution in [0.2, 0.25) is 0 Å². The van der Waals surface area contributed by atoms with Gasteiger partial charge in [-0.25, -0.2) is 0 Å². The van der Waals surface area contributed by atoms with Crippen molar-refractivity contribution in [1.82, 2.24) is 10.6 Å². The summed E-state index contributed by atoms with van der Waals surface area (Å²) in [5.74, 6) is -2.64. The molecule has 120 valence electrons. The van der Waals surface area contributed by atoms with Gasteiger partial charge in [0, 0.05) is 6.42 Å². The van der Waals surface area contributed by atoms with E-state index < -0.39 is 35.7 Å². The molecule has 0 aliphatic rings. The standard InChI is InChI=1S/C12H22N4O4S/c1-6(2)10(11(14)19)16-12(20)7(3-4-8(13)17)15-9(18)5-21/h6-7,10,21H,3-5H2,1-2H3,(H2,13,17)(H2,14,19)(H,15,18)(H,16,20)/t7-,10-/m0/s1. The Morgan fingerprint density at radius 1 is 1.10 bits per heavy atom. The Morgan fingerprint density at radius 3 is 2.05 bits per heavy atom. The quantitative estimate of drug-likeness (QED) is 0.322. The number of primary amides is 2. The SMILES string of the molecule is CC(C)[C@H](NC(=O)[C@H](CCC(N)=O)NC(=O)CS)C(N)=O. The lowest BCUT2D eigenvalue weighted by Gasteiger charge is -2.23. The molecule has 8 nitrogen and oxygen atoms in total. The maximum atomic E-state index is 12.1. The van der Waals surface area contributed by atoms with Crippen LogP contribution in [0.25, 0.3) is 0 Å². The van der Waals surface area contributed by atoms with Crippen LogP contribution in [-0.4, -0.2) is 41.5 Å². The van der Waals surface area contributed by atoms with Gasteiger partial charge in [-0.3, -0.25) is 19.2 Å². The van der Waals surface area contributed by atoms with Crippen LogP contribution in [0.3, 0.4) is 0 Å². The minimum Gasteiger partial charge on any atom is -0.370 e. The van der Waals surface area contributed by atoms with E-state index in [0.29, 0.717) is 0 Å². The highest BCUT2D eigenvalue weighted by Crippen LogP contribution is 2.04. The van der Waals surface area contributed by atoms with Gasteiger partial charge in [-0.15, -0.1) is 0 Å². The Balaban J connectivity index is 4.86. The van der Waals surface area contributed by atoms with E-state index in [1.54, 1.807) is 13.8 Å². The lowest BCUT2D eigenvalue weighted by Crippen LogP contribution is -2.54. The molecule has 0 aromatic carbocycles. The fraction of sp³-hybridized carbons (Fsp3) is 0.667. The van der Waals surface area contributed by atoms with Crippen molar-refractivity contribution >= 4 is 36.3 Å². The summed E-state index contributed by atoms with van der Waals surface area (Å²) in [6.45, 7) is 3.45. The fourth-order valence-corrected chi connectivity index (χ4v) is 1.71. The summed E-state index contributed by atoms with van der Waals surface area (Å²) < 4.78 is 0. The van der Waals surface area contributed by atoms with E-state index in [2.05, 4.69) is 23.3 Å². The predicted molar refractivity (Wildman–Crippen MR) is 80.2 cm³/mol. The molecule has 0 spiro atoms. The van der Waals surface area contributed by atoms with Crippen molar-refractivity contribution in [2.45, 2.75) is 38.8 Å². The van der Waals surface area contributed by atoms with Gasteiger partial charge in [0.15, 0.2) is 0 Å². The number of rotatable bonds is 9. The molecular formula is C12H22N4O4S. The Hall–Kier alpha value is -1.77. The van der Waals surface area contributed by atoms with Crippen molar-refractivity contribution < 1.29 is 19.2 Å². The molecule has 6 N–H and O–H groups in total. The minimum atomic E-state index is -0.974. The first-order chi connectivity index (χ1) is 9.68. The summed E-state index contributed by atoms with van der Waals surface area (Å²) in [5.41, 5.74) is 10.2. The highest BCUT2D eigenvalue weighted by atomic mass is 32.1. The first kappa shape index (κ1) is 19.2. The maximum Gasteiger partial charge on any atom is 0.243 e. The molecule has 0 aromatic heterocycles. The van der Waals surface area contributed by atoms with Gasteiger partial charge >= 0.3 is 0 Å².